The van der Waals surface area contributed by atoms with E-state index in [-0.39, 0.29) is 11.8 Å². The molecule has 0 N–H and O–H groups in total. The third kappa shape index (κ3) is 1.65. The van der Waals surface area contributed by atoms with Crippen molar-refractivity contribution in [1.82, 2.24) is 4.90 Å². The Bertz CT molecular complexity index is 617. The quantitative estimate of drug-likeness (QED) is 0.785. The van der Waals surface area contributed by atoms with E-state index in [2.05, 4.69) is 25.7 Å². The lowest BCUT2D eigenvalue weighted by Gasteiger charge is -2.40. The highest BCUT2D eigenvalue weighted by atomic mass is 28.4. The summed E-state index contributed by atoms with van der Waals surface area (Å²) in [5.41, 5.74) is 0.703. The third-order valence-electron chi connectivity index (χ3n) is 3.92. The second-order valence-corrected chi connectivity index (χ2v) is 10.8. The second-order valence-electron chi connectivity index (χ2n) is 6.38. The van der Waals surface area contributed by atoms with Gasteiger partial charge in [-0.15, -0.1) is 0 Å². The molecule has 4 nitrogen and oxygen atoms in total. The van der Waals surface area contributed by atoms with Crippen LogP contribution < -0.4 is 0 Å². The molecule has 0 radical (unpaired) electrons. The van der Waals surface area contributed by atoms with Crippen LogP contribution in [-0.2, 0) is 10.2 Å². The third-order valence-corrected chi connectivity index (χ3v) is 4.84. The van der Waals surface area contributed by atoms with Crippen LogP contribution in [0.25, 0.3) is 0 Å². The summed E-state index contributed by atoms with van der Waals surface area (Å²) in [4.78, 5) is 14.4. The maximum atomic E-state index is 12.6. The lowest BCUT2D eigenvalue weighted by Crippen LogP contribution is -2.50. The van der Waals surface area contributed by atoms with Crippen LogP contribution in [-0.4, -0.2) is 25.7 Å². The molecule has 5 heteroatoms. The summed E-state index contributed by atoms with van der Waals surface area (Å²) in [6, 6.07) is 9.91. The van der Waals surface area contributed by atoms with Gasteiger partial charge in [0, 0.05) is 17.7 Å². The molecule has 0 aromatic heterocycles. The van der Waals surface area contributed by atoms with Gasteiger partial charge in [0.1, 0.15) is 0 Å². The van der Waals surface area contributed by atoms with Crippen molar-refractivity contribution in [2.75, 3.05) is 6.54 Å². The van der Waals surface area contributed by atoms with E-state index in [0.717, 1.165) is 5.56 Å². The number of benzene rings is 1. The van der Waals surface area contributed by atoms with E-state index in [0.29, 0.717) is 18.5 Å². The maximum absolute atomic E-state index is 12.6. The zero-order valence-corrected chi connectivity index (χ0v) is 13.0. The number of nitrogens with zero attached hydrogens (tertiary/aromatic N) is 2. The average molecular weight is 286 g/mol. The molecule has 2 aliphatic rings. The molecule has 1 aromatic rings. The van der Waals surface area contributed by atoms with E-state index in [1.165, 1.54) is 0 Å². The topological polar surface area (TPSA) is 53.3 Å². The molecular weight excluding hydrogens is 268 g/mol. The largest absolute Gasteiger partial charge is 0.391 e. The smallest absolute Gasteiger partial charge is 0.256 e. The van der Waals surface area contributed by atoms with Crippen LogP contribution in [0.1, 0.15) is 22.3 Å². The molecule has 1 saturated heterocycles. The number of rotatable bonds is 2. The fraction of sp³-hybridized carbons (Fsp3) is 0.467. The summed E-state index contributed by atoms with van der Waals surface area (Å²) < 4.78 is 6.43. The fourth-order valence-electron chi connectivity index (χ4n) is 3.32. The number of carbonyl (C=O) groups excluding carboxylic acids is 1. The van der Waals surface area contributed by atoms with Crippen LogP contribution in [0.2, 0.25) is 19.6 Å². The summed E-state index contributed by atoms with van der Waals surface area (Å²) in [6.07, 6.45) is 0.682. The zero-order valence-electron chi connectivity index (χ0n) is 12.0. The van der Waals surface area contributed by atoms with Crippen LogP contribution in [0.15, 0.2) is 24.3 Å². The Hall–Kier alpha value is -1.64. The van der Waals surface area contributed by atoms with Gasteiger partial charge in [0.2, 0.25) is 0 Å². The first-order valence-electron chi connectivity index (χ1n) is 6.91. The summed E-state index contributed by atoms with van der Waals surface area (Å²) in [6.45, 7) is 6.88. The van der Waals surface area contributed by atoms with Crippen LogP contribution >= 0.6 is 0 Å². The molecular formula is C15H18N2O2Si. The molecule has 1 fully saturated rings. The molecule has 2 atom stereocenters. The predicted molar refractivity (Wildman–Crippen MR) is 77.3 cm³/mol. The standard InChI is InChI=1S/C15H18N2O2Si/c1-20(2,3)19-15-11(10-16)8-9-17(15)14(18)12-6-4-5-7-13(12)15/h4-7,11H,8-9H2,1-3H3/t11-,15+/m0/s1. The van der Waals surface area contributed by atoms with Crippen molar-refractivity contribution >= 4 is 14.2 Å². The Morgan fingerprint density at radius 2 is 2.10 bits per heavy atom. The zero-order chi connectivity index (χ0) is 14.5. The van der Waals surface area contributed by atoms with Gasteiger partial charge in [-0.1, -0.05) is 18.2 Å². The normalized spacial score (nSPS) is 28.2. The molecule has 2 heterocycles. The van der Waals surface area contributed by atoms with Gasteiger partial charge < -0.3 is 9.33 Å². The Morgan fingerprint density at radius 1 is 1.40 bits per heavy atom. The molecule has 2 aliphatic heterocycles. The van der Waals surface area contributed by atoms with Crippen LogP contribution in [0.5, 0.6) is 0 Å². The van der Waals surface area contributed by atoms with Crippen molar-refractivity contribution < 1.29 is 9.22 Å². The average Bonchev–Trinajstić information content (AvgIpc) is 2.84. The van der Waals surface area contributed by atoms with Gasteiger partial charge in [0.15, 0.2) is 14.0 Å². The SMILES string of the molecule is C[Si](C)(C)O[C@]12c3ccccc3C(=O)N1CC[C@H]2C#N. The van der Waals surface area contributed by atoms with E-state index in [4.69, 9.17) is 4.43 Å². The molecule has 0 spiro atoms. The van der Waals surface area contributed by atoms with Gasteiger partial charge in [-0.05, 0) is 32.1 Å². The minimum absolute atomic E-state index is 0.00315. The van der Waals surface area contributed by atoms with E-state index >= 15 is 0 Å². The van der Waals surface area contributed by atoms with Crippen molar-refractivity contribution in [3.05, 3.63) is 35.4 Å². The van der Waals surface area contributed by atoms with Gasteiger partial charge in [-0.3, -0.25) is 4.79 Å². The Labute approximate surface area is 120 Å². The number of hydrogen-bond donors (Lipinski definition) is 0. The minimum atomic E-state index is -1.92. The maximum Gasteiger partial charge on any atom is 0.256 e. The van der Waals surface area contributed by atoms with Crippen LogP contribution in [0.3, 0.4) is 0 Å². The molecule has 1 aromatic carbocycles. The summed E-state index contributed by atoms with van der Waals surface area (Å²) in [5.74, 6) is -0.293. The van der Waals surface area contributed by atoms with Crippen molar-refractivity contribution in [2.24, 2.45) is 5.92 Å². The number of amides is 1. The molecule has 0 bridgehead atoms. The second kappa shape index (κ2) is 4.17. The van der Waals surface area contributed by atoms with Gasteiger partial charge in [-0.25, -0.2) is 0 Å². The van der Waals surface area contributed by atoms with E-state index < -0.39 is 14.0 Å². The Morgan fingerprint density at radius 3 is 2.75 bits per heavy atom. The van der Waals surface area contributed by atoms with E-state index in [9.17, 15) is 10.1 Å². The summed E-state index contributed by atoms with van der Waals surface area (Å²) in [5, 5.41) is 9.53. The van der Waals surface area contributed by atoms with Gasteiger partial charge in [0.25, 0.3) is 5.91 Å². The molecule has 0 unspecified atom stereocenters. The highest BCUT2D eigenvalue weighted by Gasteiger charge is 2.60. The highest BCUT2D eigenvalue weighted by Crippen LogP contribution is 2.51. The van der Waals surface area contributed by atoms with Crippen LogP contribution in [0, 0.1) is 17.2 Å². The van der Waals surface area contributed by atoms with Gasteiger partial charge in [-0.2, -0.15) is 5.26 Å². The van der Waals surface area contributed by atoms with Crippen molar-refractivity contribution in [3.8, 4) is 6.07 Å². The van der Waals surface area contributed by atoms with Gasteiger partial charge in [0.05, 0.1) is 12.0 Å². The fourth-order valence-corrected chi connectivity index (χ4v) is 4.62. The monoisotopic (exact) mass is 286 g/mol. The molecule has 3 rings (SSSR count). The van der Waals surface area contributed by atoms with Gasteiger partial charge >= 0.3 is 0 Å². The predicted octanol–water partition coefficient (Wildman–Crippen LogP) is 2.69. The number of carbonyl (C=O) groups is 1. The lowest BCUT2D eigenvalue weighted by molar-refractivity contribution is -0.0597. The van der Waals surface area contributed by atoms with Crippen molar-refractivity contribution in [1.29, 1.82) is 5.26 Å². The highest BCUT2D eigenvalue weighted by molar-refractivity contribution is 6.69. The van der Waals surface area contributed by atoms with E-state index in [1.807, 2.05) is 24.3 Å². The number of fused-ring (bicyclic) bond motifs is 3. The first-order chi connectivity index (χ1) is 9.40. The molecule has 1 amide bonds. The van der Waals surface area contributed by atoms with Crippen LogP contribution in [0.4, 0.5) is 0 Å². The molecule has 20 heavy (non-hydrogen) atoms. The minimum Gasteiger partial charge on any atom is -0.391 e. The van der Waals surface area contributed by atoms with Crippen molar-refractivity contribution in [2.45, 2.75) is 31.8 Å². The molecule has 0 aliphatic carbocycles. The Balaban J connectivity index is 2.22. The number of nitriles is 1. The molecule has 104 valence electrons. The van der Waals surface area contributed by atoms with E-state index in [1.54, 1.807) is 4.90 Å². The summed E-state index contributed by atoms with van der Waals surface area (Å²) >= 11 is 0. The first-order valence-corrected chi connectivity index (χ1v) is 10.3. The number of hydrogen-bond acceptors (Lipinski definition) is 3. The lowest BCUT2D eigenvalue weighted by atomic mass is 9.90. The first kappa shape index (κ1) is 13.3. The molecule has 0 saturated carbocycles. The Kier molecular flexibility index (Phi) is 2.78. The summed E-state index contributed by atoms with van der Waals surface area (Å²) in [7, 11) is -1.92. The van der Waals surface area contributed by atoms with Crippen molar-refractivity contribution in [3.63, 3.8) is 0 Å².